The second kappa shape index (κ2) is 7.73. The molecule has 2 aromatic rings. The van der Waals surface area contributed by atoms with E-state index in [1.54, 1.807) is 23.1 Å². The molecular weight excluding hydrogens is 381 g/mol. The second-order valence-electron chi connectivity index (χ2n) is 8.48. The fraction of sp³-hybridized carbons (Fsp3) is 0.417. The first-order valence-electron chi connectivity index (χ1n) is 10.6. The van der Waals surface area contributed by atoms with Gasteiger partial charge in [0.2, 0.25) is 0 Å². The van der Waals surface area contributed by atoms with Crippen molar-refractivity contribution < 1.29 is 13.9 Å². The quantitative estimate of drug-likeness (QED) is 0.761. The molecule has 0 aromatic heterocycles. The number of hydrogen-bond acceptors (Lipinski definition) is 4. The zero-order valence-corrected chi connectivity index (χ0v) is 16.8. The summed E-state index contributed by atoms with van der Waals surface area (Å²) >= 11 is 0. The van der Waals surface area contributed by atoms with Gasteiger partial charge < -0.3 is 4.74 Å². The maximum absolute atomic E-state index is 13.6. The van der Waals surface area contributed by atoms with E-state index in [-0.39, 0.29) is 24.1 Å². The molecule has 2 bridgehead atoms. The van der Waals surface area contributed by atoms with Gasteiger partial charge in [-0.2, -0.15) is 5.26 Å². The van der Waals surface area contributed by atoms with Crippen LogP contribution in [-0.2, 0) is 11.2 Å². The number of amides is 1. The highest BCUT2D eigenvalue weighted by Crippen LogP contribution is 2.37. The first-order valence-corrected chi connectivity index (χ1v) is 10.6. The second-order valence-corrected chi connectivity index (χ2v) is 8.48. The average Bonchev–Trinajstić information content (AvgIpc) is 2.79. The Kier molecular flexibility index (Phi) is 4.92. The van der Waals surface area contributed by atoms with E-state index in [0.717, 1.165) is 49.2 Å². The van der Waals surface area contributed by atoms with Crippen LogP contribution >= 0.6 is 0 Å². The first kappa shape index (κ1) is 19.1. The normalized spacial score (nSPS) is 27.3. The Morgan fingerprint density at radius 3 is 2.53 bits per heavy atom. The van der Waals surface area contributed by atoms with Crippen LogP contribution in [0.3, 0.4) is 0 Å². The van der Waals surface area contributed by atoms with E-state index in [1.807, 2.05) is 12.1 Å². The summed E-state index contributed by atoms with van der Waals surface area (Å²) in [5.41, 5.74) is 3.47. The minimum absolute atomic E-state index is 0.0590. The lowest BCUT2D eigenvalue weighted by Crippen LogP contribution is -2.53. The smallest absolute Gasteiger partial charge is 0.410 e. The largest absolute Gasteiger partial charge is 0.444 e. The molecule has 4 aliphatic rings. The zero-order valence-electron chi connectivity index (χ0n) is 16.8. The number of halogens is 1. The molecule has 4 heterocycles. The van der Waals surface area contributed by atoms with Crippen LogP contribution in [-0.4, -0.2) is 48.2 Å². The monoisotopic (exact) mass is 405 g/mol. The number of ether oxygens (including phenoxy) is 1. The topological polar surface area (TPSA) is 56.6 Å². The van der Waals surface area contributed by atoms with Crippen LogP contribution in [0.4, 0.5) is 9.18 Å². The third-order valence-corrected chi connectivity index (χ3v) is 6.77. The molecule has 1 amide bonds. The molecule has 0 aliphatic carbocycles. The summed E-state index contributed by atoms with van der Waals surface area (Å²) in [6, 6.07) is 13.7. The van der Waals surface area contributed by atoms with Crippen LogP contribution in [0.15, 0.2) is 42.5 Å². The summed E-state index contributed by atoms with van der Waals surface area (Å²) < 4.78 is 19.6. The maximum Gasteiger partial charge on any atom is 0.410 e. The van der Waals surface area contributed by atoms with Crippen molar-refractivity contribution >= 4 is 6.09 Å². The van der Waals surface area contributed by atoms with Crippen molar-refractivity contribution in [2.24, 2.45) is 5.92 Å². The molecule has 5 nitrogen and oxygen atoms in total. The third-order valence-electron chi connectivity index (χ3n) is 6.77. The number of nitrogens with zero attached hydrogens (tertiary/aromatic N) is 3. The first-order chi connectivity index (χ1) is 14.6. The molecule has 0 saturated carbocycles. The molecule has 30 heavy (non-hydrogen) atoms. The predicted octanol–water partition coefficient (Wildman–Crippen LogP) is 3.88. The summed E-state index contributed by atoms with van der Waals surface area (Å²) in [6.07, 6.45) is 2.46. The van der Waals surface area contributed by atoms with E-state index in [4.69, 9.17) is 4.74 Å². The van der Waals surface area contributed by atoms with Crippen molar-refractivity contribution in [3.8, 4) is 6.07 Å². The number of nitriles is 1. The van der Waals surface area contributed by atoms with E-state index >= 15 is 0 Å². The van der Waals surface area contributed by atoms with Crippen molar-refractivity contribution in [3.05, 3.63) is 70.5 Å². The number of benzene rings is 2. The Morgan fingerprint density at radius 2 is 1.87 bits per heavy atom. The Bertz CT molecular complexity index is 993. The van der Waals surface area contributed by atoms with E-state index in [9.17, 15) is 14.4 Å². The van der Waals surface area contributed by atoms with Crippen molar-refractivity contribution in [2.45, 2.75) is 31.4 Å². The van der Waals surface area contributed by atoms with Gasteiger partial charge in [-0.05, 0) is 79.2 Å². The van der Waals surface area contributed by atoms with E-state index in [0.29, 0.717) is 24.4 Å². The molecule has 4 aliphatic heterocycles. The summed E-state index contributed by atoms with van der Waals surface area (Å²) in [7, 11) is 0. The van der Waals surface area contributed by atoms with Crippen molar-refractivity contribution in [1.29, 1.82) is 5.26 Å². The summed E-state index contributed by atoms with van der Waals surface area (Å²) in [6.45, 7) is 3.50. The fourth-order valence-corrected chi connectivity index (χ4v) is 5.14. The molecule has 0 N–H and O–H groups in total. The summed E-state index contributed by atoms with van der Waals surface area (Å²) in [5, 5.41) is 9.25. The van der Waals surface area contributed by atoms with Crippen LogP contribution in [0, 0.1) is 23.1 Å². The minimum Gasteiger partial charge on any atom is -0.444 e. The van der Waals surface area contributed by atoms with E-state index in [2.05, 4.69) is 11.0 Å². The number of hydrogen-bond donors (Lipinski definition) is 0. The molecule has 0 unspecified atom stereocenters. The Labute approximate surface area is 175 Å². The average molecular weight is 405 g/mol. The molecule has 2 aromatic carbocycles. The van der Waals surface area contributed by atoms with E-state index in [1.165, 1.54) is 12.1 Å². The number of carbonyl (C=O) groups excluding carboxylic acids is 1. The van der Waals surface area contributed by atoms with Crippen molar-refractivity contribution in [3.63, 3.8) is 0 Å². The minimum atomic E-state index is -0.351. The summed E-state index contributed by atoms with van der Waals surface area (Å²) in [5.74, 6) is 0.134. The lowest BCUT2D eigenvalue weighted by molar-refractivity contribution is -0.0462. The van der Waals surface area contributed by atoms with Gasteiger partial charge in [-0.15, -0.1) is 0 Å². The van der Waals surface area contributed by atoms with Gasteiger partial charge in [-0.3, -0.25) is 9.80 Å². The number of rotatable bonds is 2. The standard InChI is InChI=1S/C24H24FN3O2/c25-20-4-2-18(3-5-20)23-21-6-1-16(14-26)13-19(21)9-12-28(23)24(29)30-22-15-27-10-7-17(22)8-11-27/h1-6,13,17,22-23H,7-12,15H2/t22-,23+/m1/s1. The lowest BCUT2D eigenvalue weighted by atomic mass is 9.86. The molecule has 0 radical (unpaired) electrons. The van der Waals surface area contributed by atoms with E-state index < -0.39 is 0 Å². The Balaban J connectivity index is 1.46. The summed E-state index contributed by atoms with van der Waals surface area (Å²) in [4.78, 5) is 17.4. The third kappa shape index (κ3) is 3.44. The fourth-order valence-electron chi connectivity index (χ4n) is 5.14. The van der Waals surface area contributed by atoms with Gasteiger partial charge in [0.1, 0.15) is 11.9 Å². The highest BCUT2D eigenvalue weighted by molar-refractivity contribution is 5.70. The molecule has 3 fully saturated rings. The van der Waals surface area contributed by atoms with Gasteiger partial charge in [0.05, 0.1) is 17.7 Å². The van der Waals surface area contributed by atoms with Crippen LogP contribution in [0.25, 0.3) is 0 Å². The molecule has 2 atom stereocenters. The van der Waals surface area contributed by atoms with Gasteiger partial charge in [-0.25, -0.2) is 9.18 Å². The Hall–Kier alpha value is -2.91. The molecular formula is C24H24FN3O2. The van der Waals surface area contributed by atoms with Gasteiger partial charge in [0, 0.05) is 13.1 Å². The molecule has 154 valence electrons. The highest BCUT2D eigenvalue weighted by atomic mass is 19.1. The van der Waals surface area contributed by atoms with Crippen LogP contribution in [0.5, 0.6) is 0 Å². The van der Waals surface area contributed by atoms with Gasteiger partial charge in [0.15, 0.2) is 0 Å². The van der Waals surface area contributed by atoms with Crippen LogP contribution in [0.2, 0.25) is 0 Å². The molecule has 0 spiro atoms. The maximum atomic E-state index is 13.6. The Morgan fingerprint density at radius 1 is 1.10 bits per heavy atom. The van der Waals surface area contributed by atoms with Crippen LogP contribution in [0.1, 0.15) is 41.1 Å². The van der Waals surface area contributed by atoms with Crippen molar-refractivity contribution in [2.75, 3.05) is 26.2 Å². The molecule has 3 saturated heterocycles. The molecule has 6 heteroatoms. The number of carbonyl (C=O) groups is 1. The van der Waals surface area contributed by atoms with Gasteiger partial charge in [0.25, 0.3) is 0 Å². The highest BCUT2D eigenvalue weighted by Gasteiger charge is 2.39. The van der Waals surface area contributed by atoms with Gasteiger partial charge in [-0.1, -0.05) is 18.2 Å². The number of fused-ring (bicyclic) bond motifs is 4. The van der Waals surface area contributed by atoms with Gasteiger partial charge >= 0.3 is 6.09 Å². The van der Waals surface area contributed by atoms with Crippen molar-refractivity contribution in [1.82, 2.24) is 9.80 Å². The SMILES string of the molecule is N#Cc1ccc2c(c1)CCN(C(=O)O[C@@H]1CN3CCC1CC3)[C@H]2c1ccc(F)cc1. The number of piperidine rings is 3. The predicted molar refractivity (Wildman–Crippen MR) is 109 cm³/mol. The zero-order chi connectivity index (χ0) is 20.7. The molecule has 6 rings (SSSR count). The van der Waals surface area contributed by atoms with Crippen LogP contribution < -0.4 is 0 Å². The lowest BCUT2D eigenvalue weighted by Gasteiger charge is -2.45.